The first-order chi connectivity index (χ1) is 12.2. The highest BCUT2D eigenvalue weighted by molar-refractivity contribution is 7.12. The van der Waals surface area contributed by atoms with Crippen molar-refractivity contribution in [3.05, 3.63) is 52.2 Å². The van der Waals surface area contributed by atoms with Crippen molar-refractivity contribution < 1.29 is 4.79 Å². The minimum Gasteiger partial charge on any atom is -0.349 e. The van der Waals surface area contributed by atoms with Gasteiger partial charge in [0.25, 0.3) is 5.91 Å². The van der Waals surface area contributed by atoms with E-state index in [0.29, 0.717) is 19.0 Å². The maximum absolute atomic E-state index is 12.2. The third-order valence-electron chi connectivity index (χ3n) is 4.20. The number of nitrogens with one attached hydrogen (secondary N) is 1. The van der Waals surface area contributed by atoms with Gasteiger partial charge in [-0.2, -0.15) is 5.10 Å². The summed E-state index contributed by atoms with van der Waals surface area (Å²) in [6.07, 6.45) is 7.46. The first-order valence-electron chi connectivity index (χ1n) is 8.38. The van der Waals surface area contributed by atoms with Crippen LogP contribution in [0.2, 0.25) is 0 Å². The molecule has 3 aromatic heterocycles. The molecule has 128 valence electrons. The van der Waals surface area contributed by atoms with Gasteiger partial charge in [0.1, 0.15) is 11.4 Å². The molecule has 0 bridgehead atoms. The van der Waals surface area contributed by atoms with E-state index in [9.17, 15) is 4.79 Å². The van der Waals surface area contributed by atoms with E-state index in [1.165, 1.54) is 29.9 Å². The highest BCUT2D eigenvalue weighted by Crippen LogP contribution is 2.41. The number of carbonyl (C=O) groups is 1. The predicted octanol–water partition coefficient (Wildman–Crippen LogP) is 3.02. The molecule has 7 heteroatoms. The minimum atomic E-state index is -0.0209. The number of hydrogen-bond acceptors (Lipinski definition) is 5. The molecule has 0 spiro atoms. The third kappa shape index (κ3) is 3.61. The van der Waals surface area contributed by atoms with Gasteiger partial charge in [0, 0.05) is 30.6 Å². The number of hydrogen-bond donors (Lipinski definition) is 1. The molecule has 1 amide bonds. The van der Waals surface area contributed by atoms with E-state index < -0.39 is 0 Å². The van der Waals surface area contributed by atoms with Crippen molar-refractivity contribution in [2.45, 2.75) is 32.2 Å². The molecule has 1 fully saturated rings. The molecular weight excluding hydrogens is 334 g/mol. The highest BCUT2D eigenvalue weighted by atomic mass is 32.1. The lowest BCUT2D eigenvalue weighted by molar-refractivity contribution is 0.0956. The lowest BCUT2D eigenvalue weighted by Gasteiger charge is -2.07. The summed E-state index contributed by atoms with van der Waals surface area (Å²) >= 11 is 1.47. The number of amides is 1. The molecule has 0 saturated heterocycles. The summed E-state index contributed by atoms with van der Waals surface area (Å²) in [7, 11) is 0. The normalized spacial score (nSPS) is 13.8. The van der Waals surface area contributed by atoms with Gasteiger partial charge in [-0.15, -0.1) is 11.3 Å². The molecule has 25 heavy (non-hydrogen) atoms. The van der Waals surface area contributed by atoms with Crippen LogP contribution in [-0.2, 0) is 6.54 Å². The summed E-state index contributed by atoms with van der Waals surface area (Å²) < 4.78 is 2.00. The molecule has 1 N–H and O–H groups in total. The van der Waals surface area contributed by atoms with Crippen LogP contribution in [0.25, 0.3) is 11.4 Å². The molecule has 3 aromatic rings. The zero-order valence-electron chi connectivity index (χ0n) is 14.0. The number of aryl methyl sites for hydroxylation is 1. The Morgan fingerprint density at radius 3 is 2.88 bits per heavy atom. The van der Waals surface area contributed by atoms with Gasteiger partial charge in [-0.25, -0.2) is 0 Å². The summed E-state index contributed by atoms with van der Waals surface area (Å²) in [4.78, 5) is 21.3. The third-order valence-corrected chi connectivity index (χ3v) is 5.24. The molecular formula is C18H19N5OS. The summed E-state index contributed by atoms with van der Waals surface area (Å²) in [6, 6.07) is 4.02. The summed E-state index contributed by atoms with van der Waals surface area (Å²) in [5.41, 5.74) is 3.96. The first-order valence-corrected chi connectivity index (χ1v) is 9.26. The van der Waals surface area contributed by atoms with Crippen LogP contribution < -0.4 is 5.32 Å². The van der Waals surface area contributed by atoms with Gasteiger partial charge in [0.05, 0.1) is 17.6 Å². The smallest absolute Gasteiger partial charge is 0.261 e. The van der Waals surface area contributed by atoms with E-state index in [1.807, 2.05) is 23.1 Å². The molecule has 0 atom stereocenters. The van der Waals surface area contributed by atoms with Crippen LogP contribution in [0.5, 0.6) is 0 Å². The Hall–Kier alpha value is -2.54. The molecule has 1 aliphatic carbocycles. The molecule has 0 aliphatic heterocycles. The number of nitrogens with zero attached hydrogens (tertiary/aromatic N) is 4. The Morgan fingerprint density at radius 2 is 2.20 bits per heavy atom. The van der Waals surface area contributed by atoms with Crippen LogP contribution in [0.3, 0.4) is 0 Å². The summed E-state index contributed by atoms with van der Waals surface area (Å²) in [6.45, 7) is 3.20. The topological polar surface area (TPSA) is 72.7 Å². The van der Waals surface area contributed by atoms with Crippen LogP contribution in [0.1, 0.15) is 39.7 Å². The van der Waals surface area contributed by atoms with Crippen molar-refractivity contribution in [3.63, 3.8) is 0 Å². The fourth-order valence-electron chi connectivity index (χ4n) is 2.79. The van der Waals surface area contributed by atoms with Crippen LogP contribution in [0.15, 0.2) is 36.1 Å². The van der Waals surface area contributed by atoms with E-state index in [-0.39, 0.29) is 5.91 Å². The number of aromatic nitrogens is 4. The second kappa shape index (κ2) is 6.76. The van der Waals surface area contributed by atoms with E-state index in [4.69, 9.17) is 0 Å². The van der Waals surface area contributed by atoms with Crippen molar-refractivity contribution in [2.24, 2.45) is 0 Å². The highest BCUT2D eigenvalue weighted by Gasteiger charge is 2.28. The first kappa shape index (κ1) is 16.0. The van der Waals surface area contributed by atoms with E-state index >= 15 is 0 Å². The molecule has 6 nitrogen and oxygen atoms in total. The Balaban J connectivity index is 1.45. The van der Waals surface area contributed by atoms with Gasteiger partial charge in [0.2, 0.25) is 0 Å². The monoisotopic (exact) mass is 353 g/mol. The fraction of sp³-hybridized carbons (Fsp3) is 0.333. The Morgan fingerprint density at radius 1 is 1.32 bits per heavy atom. The lowest BCUT2D eigenvalue weighted by Crippen LogP contribution is -2.27. The number of thiophene rings is 1. The fourth-order valence-corrected chi connectivity index (χ4v) is 3.60. The van der Waals surface area contributed by atoms with Crippen LogP contribution in [-0.4, -0.2) is 32.2 Å². The average Bonchev–Trinajstić information content (AvgIpc) is 3.24. The van der Waals surface area contributed by atoms with Crippen molar-refractivity contribution in [1.29, 1.82) is 0 Å². The minimum absolute atomic E-state index is 0.0209. The second-order valence-electron chi connectivity index (χ2n) is 6.29. The lowest BCUT2D eigenvalue weighted by atomic mass is 10.2. The van der Waals surface area contributed by atoms with E-state index in [0.717, 1.165) is 21.8 Å². The van der Waals surface area contributed by atoms with Crippen molar-refractivity contribution in [1.82, 2.24) is 25.1 Å². The van der Waals surface area contributed by atoms with Crippen molar-refractivity contribution in [3.8, 4) is 11.4 Å². The van der Waals surface area contributed by atoms with Crippen molar-refractivity contribution >= 4 is 17.2 Å². The SMILES string of the molecule is Cc1csc(C(=O)NCCn2nc(-c3cnccn3)cc2C2CC2)c1. The molecule has 0 unspecified atom stereocenters. The van der Waals surface area contributed by atoms with Gasteiger partial charge in [-0.3, -0.25) is 19.4 Å². The Kier molecular flexibility index (Phi) is 4.31. The summed E-state index contributed by atoms with van der Waals surface area (Å²) in [5.74, 6) is 0.556. The second-order valence-corrected chi connectivity index (χ2v) is 7.20. The quantitative estimate of drug-likeness (QED) is 0.739. The van der Waals surface area contributed by atoms with Gasteiger partial charge < -0.3 is 5.32 Å². The largest absolute Gasteiger partial charge is 0.349 e. The molecule has 0 aromatic carbocycles. The van der Waals surface area contributed by atoms with Gasteiger partial charge >= 0.3 is 0 Å². The number of carbonyl (C=O) groups excluding carboxylic acids is 1. The predicted molar refractivity (Wildman–Crippen MR) is 96.6 cm³/mol. The zero-order valence-corrected chi connectivity index (χ0v) is 14.8. The molecule has 3 heterocycles. The Labute approximate surface area is 149 Å². The maximum atomic E-state index is 12.2. The standard InChI is InChI=1S/C18H19N5OS/c1-12-8-17(25-11-12)18(24)21-6-7-23-16(13-2-3-13)9-14(22-23)15-10-19-4-5-20-15/h4-5,8-11,13H,2-3,6-7H2,1H3,(H,21,24). The zero-order chi connectivity index (χ0) is 17.2. The van der Waals surface area contributed by atoms with Gasteiger partial charge in [0.15, 0.2) is 0 Å². The maximum Gasteiger partial charge on any atom is 0.261 e. The van der Waals surface area contributed by atoms with Crippen LogP contribution in [0.4, 0.5) is 0 Å². The van der Waals surface area contributed by atoms with Gasteiger partial charge in [-0.05, 0) is 42.8 Å². The van der Waals surface area contributed by atoms with Gasteiger partial charge in [-0.1, -0.05) is 0 Å². The average molecular weight is 353 g/mol. The molecule has 1 aliphatic rings. The van der Waals surface area contributed by atoms with Crippen LogP contribution >= 0.6 is 11.3 Å². The van der Waals surface area contributed by atoms with E-state index in [2.05, 4.69) is 26.4 Å². The molecule has 4 rings (SSSR count). The van der Waals surface area contributed by atoms with Crippen LogP contribution in [0, 0.1) is 6.92 Å². The van der Waals surface area contributed by atoms with E-state index in [1.54, 1.807) is 18.6 Å². The Bertz CT molecular complexity index is 882. The molecule has 0 radical (unpaired) electrons. The van der Waals surface area contributed by atoms with Crippen molar-refractivity contribution in [2.75, 3.05) is 6.54 Å². The summed E-state index contributed by atoms with van der Waals surface area (Å²) in [5, 5.41) is 9.65. The molecule has 1 saturated carbocycles. The number of rotatable bonds is 6.